The molecule has 0 spiro atoms. The van der Waals surface area contributed by atoms with E-state index in [1.165, 1.54) is 0 Å². The van der Waals surface area contributed by atoms with Crippen molar-refractivity contribution in [2.24, 2.45) is 0 Å². The Bertz CT molecular complexity index is 309. The number of likely N-dealkylation sites (N-methyl/N-ethyl adjacent to an activating group) is 1. The highest BCUT2D eigenvalue weighted by molar-refractivity contribution is 6.29. The number of ether oxygens (including phenoxy) is 1. The van der Waals surface area contributed by atoms with Crippen molar-refractivity contribution >= 4 is 17.3 Å². The van der Waals surface area contributed by atoms with Crippen molar-refractivity contribution in [3.63, 3.8) is 0 Å². The molecule has 90 valence electrons. The van der Waals surface area contributed by atoms with E-state index >= 15 is 0 Å². The van der Waals surface area contributed by atoms with Gasteiger partial charge in [0.2, 0.25) is 0 Å². The summed E-state index contributed by atoms with van der Waals surface area (Å²) >= 11 is 5.78. The number of nitrogens with zero attached hydrogens (tertiary/aromatic N) is 2. The maximum atomic E-state index is 5.78. The molecule has 0 aliphatic heterocycles. The van der Waals surface area contributed by atoms with E-state index in [1.807, 2.05) is 12.1 Å². The minimum absolute atomic E-state index is 0.512. The molecule has 4 nitrogen and oxygen atoms in total. The zero-order valence-electron chi connectivity index (χ0n) is 9.74. The number of halogens is 1. The van der Waals surface area contributed by atoms with Crippen LogP contribution in [0.3, 0.4) is 0 Å². The highest BCUT2D eigenvalue weighted by Crippen LogP contribution is 2.11. The van der Waals surface area contributed by atoms with Crippen LogP contribution in [0.4, 0.5) is 5.69 Å². The van der Waals surface area contributed by atoms with Gasteiger partial charge in [0.25, 0.3) is 0 Å². The Labute approximate surface area is 102 Å². The Morgan fingerprint density at radius 1 is 1.50 bits per heavy atom. The molecule has 16 heavy (non-hydrogen) atoms. The molecule has 0 radical (unpaired) electrons. The number of pyridine rings is 1. The van der Waals surface area contributed by atoms with Crippen molar-refractivity contribution in [1.82, 2.24) is 9.88 Å². The molecule has 0 atom stereocenters. The number of rotatable bonds is 7. The molecular weight excluding hydrogens is 226 g/mol. The van der Waals surface area contributed by atoms with E-state index in [0.29, 0.717) is 5.15 Å². The van der Waals surface area contributed by atoms with Crippen LogP contribution in [0, 0.1) is 0 Å². The normalized spacial score (nSPS) is 10.8. The Kier molecular flexibility index (Phi) is 6.15. The first-order chi connectivity index (χ1) is 7.72. The van der Waals surface area contributed by atoms with Gasteiger partial charge >= 0.3 is 0 Å². The van der Waals surface area contributed by atoms with Gasteiger partial charge in [-0.2, -0.15) is 0 Å². The first-order valence-electron chi connectivity index (χ1n) is 5.25. The Balaban J connectivity index is 2.20. The molecule has 0 fully saturated rings. The topological polar surface area (TPSA) is 37.4 Å². The molecular formula is C11H18ClN3O. The van der Waals surface area contributed by atoms with Gasteiger partial charge in [-0.05, 0) is 19.2 Å². The number of hydrogen-bond donors (Lipinski definition) is 1. The van der Waals surface area contributed by atoms with E-state index in [0.717, 1.165) is 31.9 Å². The molecule has 0 saturated carbocycles. The van der Waals surface area contributed by atoms with Gasteiger partial charge in [-0.1, -0.05) is 11.6 Å². The van der Waals surface area contributed by atoms with Crippen LogP contribution in [0.15, 0.2) is 18.3 Å². The molecule has 0 aromatic carbocycles. The van der Waals surface area contributed by atoms with Crippen LogP contribution in [0.5, 0.6) is 0 Å². The SMILES string of the molecule is COCCN(C)CCNc1ccnc(Cl)c1. The van der Waals surface area contributed by atoms with Gasteiger partial charge in [0.15, 0.2) is 0 Å². The standard InChI is InChI=1S/C11H18ClN3O/c1-15(7-8-16-2)6-5-13-10-3-4-14-11(12)9-10/h3-4,9H,5-8H2,1-2H3,(H,13,14). The fourth-order valence-electron chi connectivity index (χ4n) is 1.26. The number of hydrogen-bond acceptors (Lipinski definition) is 4. The summed E-state index contributed by atoms with van der Waals surface area (Å²) in [5, 5.41) is 3.80. The molecule has 0 aliphatic carbocycles. The van der Waals surface area contributed by atoms with Crippen LogP contribution >= 0.6 is 11.6 Å². The van der Waals surface area contributed by atoms with Crippen LogP contribution in [0.25, 0.3) is 0 Å². The number of anilines is 1. The smallest absolute Gasteiger partial charge is 0.131 e. The third-order valence-electron chi connectivity index (χ3n) is 2.23. The third kappa shape index (κ3) is 5.30. The Morgan fingerprint density at radius 2 is 2.31 bits per heavy atom. The fraction of sp³-hybridized carbons (Fsp3) is 0.545. The summed E-state index contributed by atoms with van der Waals surface area (Å²) in [6, 6.07) is 3.72. The summed E-state index contributed by atoms with van der Waals surface area (Å²) in [7, 11) is 3.78. The minimum atomic E-state index is 0.512. The monoisotopic (exact) mass is 243 g/mol. The van der Waals surface area contributed by atoms with E-state index in [-0.39, 0.29) is 0 Å². The summed E-state index contributed by atoms with van der Waals surface area (Å²) < 4.78 is 5.01. The van der Waals surface area contributed by atoms with Gasteiger partial charge < -0.3 is 15.0 Å². The second-order valence-electron chi connectivity index (χ2n) is 3.59. The number of aromatic nitrogens is 1. The van der Waals surface area contributed by atoms with Crippen molar-refractivity contribution in [2.75, 3.05) is 45.7 Å². The zero-order chi connectivity index (χ0) is 11.8. The van der Waals surface area contributed by atoms with E-state index < -0.39 is 0 Å². The molecule has 0 bridgehead atoms. The largest absolute Gasteiger partial charge is 0.384 e. The summed E-state index contributed by atoms with van der Waals surface area (Å²) in [5.41, 5.74) is 1.00. The molecule has 0 unspecified atom stereocenters. The van der Waals surface area contributed by atoms with Crippen LogP contribution in [-0.4, -0.2) is 50.3 Å². The predicted octanol–water partition coefficient (Wildman–Crippen LogP) is 1.73. The van der Waals surface area contributed by atoms with Gasteiger partial charge in [0.05, 0.1) is 6.61 Å². The quantitative estimate of drug-likeness (QED) is 0.740. The fourth-order valence-corrected chi connectivity index (χ4v) is 1.44. The van der Waals surface area contributed by atoms with Crippen molar-refractivity contribution < 1.29 is 4.74 Å². The summed E-state index contributed by atoms with van der Waals surface area (Å²) in [6.07, 6.45) is 1.69. The second kappa shape index (κ2) is 7.44. The first-order valence-corrected chi connectivity index (χ1v) is 5.63. The van der Waals surface area contributed by atoms with Crippen molar-refractivity contribution in [2.45, 2.75) is 0 Å². The highest BCUT2D eigenvalue weighted by atomic mass is 35.5. The number of methoxy groups -OCH3 is 1. The summed E-state index contributed by atoms with van der Waals surface area (Å²) in [5.74, 6) is 0. The maximum Gasteiger partial charge on any atom is 0.131 e. The highest BCUT2D eigenvalue weighted by Gasteiger charge is 1.98. The molecule has 1 aromatic rings. The Hall–Kier alpha value is -0.840. The molecule has 0 amide bonds. The lowest BCUT2D eigenvalue weighted by Crippen LogP contribution is -2.28. The van der Waals surface area contributed by atoms with Gasteiger partial charge in [-0.3, -0.25) is 0 Å². The van der Waals surface area contributed by atoms with Gasteiger partial charge in [0.1, 0.15) is 5.15 Å². The molecule has 1 heterocycles. The lowest BCUT2D eigenvalue weighted by molar-refractivity contribution is 0.163. The van der Waals surface area contributed by atoms with E-state index in [9.17, 15) is 0 Å². The lowest BCUT2D eigenvalue weighted by Gasteiger charge is -2.16. The van der Waals surface area contributed by atoms with Crippen molar-refractivity contribution in [3.05, 3.63) is 23.5 Å². The van der Waals surface area contributed by atoms with E-state index in [4.69, 9.17) is 16.3 Å². The average molecular weight is 244 g/mol. The van der Waals surface area contributed by atoms with Crippen LogP contribution in [0.2, 0.25) is 5.15 Å². The van der Waals surface area contributed by atoms with Crippen LogP contribution < -0.4 is 5.32 Å². The summed E-state index contributed by atoms with van der Waals surface area (Å²) in [4.78, 5) is 6.13. The summed E-state index contributed by atoms with van der Waals surface area (Å²) in [6.45, 7) is 3.54. The minimum Gasteiger partial charge on any atom is -0.384 e. The van der Waals surface area contributed by atoms with Crippen LogP contribution in [-0.2, 0) is 4.74 Å². The average Bonchev–Trinajstić information content (AvgIpc) is 2.26. The number of nitrogens with one attached hydrogen (secondary N) is 1. The molecule has 0 aliphatic rings. The Morgan fingerprint density at radius 3 is 3.00 bits per heavy atom. The van der Waals surface area contributed by atoms with E-state index in [1.54, 1.807) is 13.3 Å². The third-order valence-corrected chi connectivity index (χ3v) is 2.43. The maximum absolute atomic E-state index is 5.78. The molecule has 1 N–H and O–H groups in total. The lowest BCUT2D eigenvalue weighted by atomic mass is 10.4. The second-order valence-corrected chi connectivity index (χ2v) is 3.98. The van der Waals surface area contributed by atoms with Crippen LogP contribution in [0.1, 0.15) is 0 Å². The van der Waals surface area contributed by atoms with Crippen molar-refractivity contribution in [1.29, 1.82) is 0 Å². The van der Waals surface area contributed by atoms with E-state index in [2.05, 4.69) is 22.2 Å². The van der Waals surface area contributed by atoms with Gasteiger partial charge in [-0.15, -0.1) is 0 Å². The molecule has 1 aromatic heterocycles. The molecule has 0 saturated heterocycles. The van der Waals surface area contributed by atoms with Gasteiger partial charge in [-0.25, -0.2) is 4.98 Å². The first kappa shape index (κ1) is 13.2. The zero-order valence-corrected chi connectivity index (χ0v) is 10.5. The molecule has 1 rings (SSSR count). The molecule has 5 heteroatoms. The predicted molar refractivity (Wildman–Crippen MR) is 67.1 cm³/mol. The van der Waals surface area contributed by atoms with Gasteiger partial charge in [0, 0.05) is 38.6 Å². The van der Waals surface area contributed by atoms with Crippen molar-refractivity contribution in [3.8, 4) is 0 Å².